The highest BCUT2D eigenvalue weighted by molar-refractivity contribution is 4.94. The van der Waals surface area contributed by atoms with E-state index in [1.54, 1.807) is 0 Å². The van der Waals surface area contributed by atoms with Gasteiger partial charge in [0.2, 0.25) is 0 Å². The second kappa shape index (κ2) is 5.16. The second-order valence-corrected chi connectivity index (χ2v) is 5.06. The number of aromatic nitrogens is 2. The van der Waals surface area contributed by atoms with E-state index in [4.69, 9.17) is 0 Å². The van der Waals surface area contributed by atoms with E-state index in [1.165, 1.54) is 0 Å². The summed E-state index contributed by atoms with van der Waals surface area (Å²) in [5.74, 6) is 1.10. The molecule has 17 heavy (non-hydrogen) atoms. The van der Waals surface area contributed by atoms with Gasteiger partial charge in [0.05, 0.1) is 6.10 Å². The Bertz CT molecular complexity index is 363. The molecule has 1 N–H and O–H groups in total. The molecule has 5 heteroatoms. The molecular weight excluding hydrogens is 216 g/mol. The molecule has 2 atom stereocenters. The Labute approximate surface area is 103 Å². The minimum atomic E-state index is -0.230. The Morgan fingerprint density at radius 2 is 2.24 bits per heavy atom. The van der Waals surface area contributed by atoms with Crippen molar-refractivity contribution in [2.45, 2.75) is 18.6 Å². The predicted octanol–water partition coefficient (Wildman–Crippen LogP) is -0.431. The third-order valence-electron chi connectivity index (χ3n) is 3.57. The lowest BCUT2D eigenvalue weighted by atomic mass is 10.2. The lowest BCUT2D eigenvalue weighted by molar-refractivity contribution is 0.112. The number of hydrogen-bond donors (Lipinski definition) is 1. The molecule has 2 heterocycles. The molecule has 0 aromatic carbocycles. The molecule has 0 aliphatic carbocycles. The summed E-state index contributed by atoms with van der Waals surface area (Å²) in [5.41, 5.74) is 0. The van der Waals surface area contributed by atoms with E-state index in [-0.39, 0.29) is 12.1 Å². The van der Waals surface area contributed by atoms with Crippen LogP contribution in [0.2, 0.25) is 0 Å². The number of imidazole rings is 1. The van der Waals surface area contributed by atoms with Crippen LogP contribution in [0.3, 0.4) is 0 Å². The SMILES string of the molecule is CN(C)[C@H]1CN(CCc2nccn2C)C[C@@H]1O. The van der Waals surface area contributed by atoms with Crippen molar-refractivity contribution in [2.75, 3.05) is 33.7 Å². The quantitative estimate of drug-likeness (QED) is 0.773. The number of rotatable bonds is 4. The highest BCUT2D eigenvalue weighted by Gasteiger charge is 2.32. The summed E-state index contributed by atoms with van der Waals surface area (Å²) >= 11 is 0. The summed E-state index contributed by atoms with van der Waals surface area (Å²) < 4.78 is 2.05. The van der Waals surface area contributed by atoms with E-state index in [0.717, 1.165) is 31.9 Å². The third kappa shape index (κ3) is 2.86. The molecule has 1 fully saturated rings. The summed E-state index contributed by atoms with van der Waals surface area (Å²) in [7, 11) is 6.07. The van der Waals surface area contributed by atoms with Crippen molar-refractivity contribution < 1.29 is 5.11 Å². The molecule has 1 aromatic heterocycles. The van der Waals surface area contributed by atoms with Gasteiger partial charge in [-0.2, -0.15) is 0 Å². The van der Waals surface area contributed by atoms with E-state index in [0.29, 0.717) is 0 Å². The van der Waals surface area contributed by atoms with E-state index < -0.39 is 0 Å². The topological polar surface area (TPSA) is 44.5 Å². The molecule has 1 aliphatic heterocycles. The molecular formula is C12H22N4O. The second-order valence-electron chi connectivity index (χ2n) is 5.06. The number of aryl methyl sites for hydroxylation is 1. The van der Waals surface area contributed by atoms with Crippen molar-refractivity contribution in [3.63, 3.8) is 0 Å². The minimum Gasteiger partial charge on any atom is -0.390 e. The minimum absolute atomic E-state index is 0.230. The first-order valence-electron chi connectivity index (χ1n) is 6.11. The zero-order valence-electron chi connectivity index (χ0n) is 10.9. The molecule has 2 rings (SSSR count). The van der Waals surface area contributed by atoms with Gasteiger partial charge in [-0.3, -0.25) is 4.90 Å². The maximum Gasteiger partial charge on any atom is 0.109 e. The first kappa shape index (κ1) is 12.5. The molecule has 0 amide bonds. The van der Waals surface area contributed by atoms with E-state index in [1.807, 2.05) is 33.5 Å². The van der Waals surface area contributed by atoms with Crippen molar-refractivity contribution in [1.29, 1.82) is 0 Å². The summed E-state index contributed by atoms with van der Waals surface area (Å²) in [6, 6.07) is 0.261. The highest BCUT2D eigenvalue weighted by atomic mass is 16.3. The Morgan fingerprint density at radius 3 is 2.76 bits per heavy atom. The van der Waals surface area contributed by atoms with Crippen molar-refractivity contribution in [2.24, 2.45) is 7.05 Å². The van der Waals surface area contributed by atoms with Gasteiger partial charge >= 0.3 is 0 Å². The van der Waals surface area contributed by atoms with Crippen LogP contribution in [0.1, 0.15) is 5.82 Å². The lowest BCUT2D eigenvalue weighted by Crippen LogP contribution is -2.38. The fourth-order valence-electron chi connectivity index (χ4n) is 2.43. The average molecular weight is 238 g/mol. The first-order chi connectivity index (χ1) is 8.08. The van der Waals surface area contributed by atoms with Crippen LogP contribution in [0.25, 0.3) is 0 Å². The van der Waals surface area contributed by atoms with Crippen LogP contribution in [0.4, 0.5) is 0 Å². The molecule has 1 saturated heterocycles. The van der Waals surface area contributed by atoms with Gasteiger partial charge in [-0.1, -0.05) is 0 Å². The van der Waals surface area contributed by atoms with Crippen LogP contribution >= 0.6 is 0 Å². The van der Waals surface area contributed by atoms with Crippen LogP contribution in [-0.2, 0) is 13.5 Å². The standard InChI is InChI=1S/C12H22N4O/c1-14(2)10-8-16(9-11(10)17)6-4-12-13-5-7-15(12)3/h5,7,10-11,17H,4,6,8-9H2,1-3H3/t10-,11-/m0/s1. The van der Waals surface area contributed by atoms with Gasteiger partial charge in [-0.25, -0.2) is 4.98 Å². The van der Waals surface area contributed by atoms with Crippen molar-refractivity contribution in [3.05, 3.63) is 18.2 Å². The smallest absolute Gasteiger partial charge is 0.109 e. The molecule has 0 radical (unpaired) electrons. The Balaban J connectivity index is 1.84. The van der Waals surface area contributed by atoms with Crippen LogP contribution in [-0.4, -0.2) is 70.3 Å². The molecule has 96 valence electrons. The van der Waals surface area contributed by atoms with E-state index in [2.05, 4.69) is 19.4 Å². The maximum absolute atomic E-state index is 9.94. The third-order valence-corrected chi connectivity index (χ3v) is 3.57. The Morgan fingerprint density at radius 1 is 1.47 bits per heavy atom. The van der Waals surface area contributed by atoms with Crippen molar-refractivity contribution in [1.82, 2.24) is 19.4 Å². The van der Waals surface area contributed by atoms with Gasteiger partial charge in [-0.15, -0.1) is 0 Å². The average Bonchev–Trinajstić information content (AvgIpc) is 2.82. The van der Waals surface area contributed by atoms with Crippen LogP contribution in [0.5, 0.6) is 0 Å². The van der Waals surface area contributed by atoms with E-state index >= 15 is 0 Å². The van der Waals surface area contributed by atoms with E-state index in [9.17, 15) is 5.11 Å². The van der Waals surface area contributed by atoms with Crippen LogP contribution in [0.15, 0.2) is 12.4 Å². The molecule has 0 saturated carbocycles. The number of nitrogens with zero attached hydrogens (tertiary/aromatic N) is 4. The fraction of sp³-hybridized carbons (Fsp3) is 0.750. The van der Waals surface area contributed by atoms with Gasteiger partial charge in [0.15, 0.2) is 0 Å². The predicted molar refractivity (Wildman–Crippen MR) is 66.8 cm³/mol. The zero-order chi connectivity index (χ0) is 12.4. The van der Waals surface area contributed by atoms with Gasteiger partial charge in [0, 0.05) is 51.5 Å². The number of aliphatic hydroxyl groups excluding tert-OH is 1. The number of likely N-dealkylation sites (N-methyl/N-ethyl adjacent to an activating group) is 1. The fourth-order valence-corrected chi connectivity index (χ4v) is 2.43. The van der Waals surface area contributed by atoms with Gasteiger partial charge < -0.3 is 14.6 Å². The number of aliphatic hydroxyl groups is 1. The normalized spacial score (nSPS) is 25.9. The number of β-amino-alcohol motifs (C(OH)–C–C–N with tert-alkyl or cyclic N) is 1. The summed E-state index contributed by atoms with van der Waals surface area (Å²) in [4.78, 5) is 8.73. The molecule has 0 unspecified atom stereocenters. The maximum atomic E-state index is 9.94. The Kier molecular flexibility index (Phi) is 3.81. The largest absolute Gasteiger partial charge is 0.390 e. The van der Waals surface area contributed by atoms with Gasteiger partial charge in [-0.05, 0) is 14.1 Å². The Hall–Kier alpha value is -0.910. The van der Waals surface area contributed by atoms with Crippen molar-refractivity contribution >= 4 is 0 Å². The molecule has 5 nitrogen and oxygen atoms in total. The first-order valence-corrected chi connectivity index (χ1v) is 6.11. The molecule has 0 spiro atoms. The number of likely N-dealkylation sites (tertiary alicyclic amines) is 1. The lowest BCUT2D eigenvalue weighted by Gasteiger charge is -2.21. The van der Waals surface area contributed by atoms with Crippen LogP contribution < -0.4 is 0 Å². The summed E-state index contributed by atoms with van der Waals surface area (Å²) in [6.07, 6.45) is 4.51. The molecule has 0 bridgehead atoms. The summed E-state index contributed by atoms with van der Waals surface area (Å²) in [5, 5.41) is 9.94. The molecule has 1 aromatic rings. The highest BCUT2D eigenvalue weighted by Crippen LogP contribution is 2.14. The monoisotopic (exact) mass is 238 g/mol. The zero-order valence-corrected chi connectivity index (χ0v) is 10.9. The van der Waals surface area contributed by atoms with Crippen molar-refractivity contribution in [3.8, 4) is 0 Å². The number of hydrogen-bond acceptors (Lipinski definition) is 4. The van der Waals surface area contributed by atoms with Gasteiger partial charge in [0.1, 0.15) is 5.82 Å². The van der Waals surface area contributed by atoms with Gasteiger partial charge in [0.25, 0.3) is 0 Å². The molecule has 1 aliphatic rings. The summed E-state index contributed by atoms with van der Waals surface area (Å²) in [6.45, 7) is 2.68. The van der Waals surface area contributed by atoms with Crippen LogP contribution in [0, 0.1) is 0 Å².